The van der Waals surface area contributed by atoms with Crippen molar-refractivity contribution in [1.29, 1.82) is 0 Å². The summed E-state index contributed by atoms with van der Waals surface area (Å²) < 4.78 is 1.79. The molecule has 2 heterocycles. The number of ketones is 1. The van der Waals surface area contributed by atoms with Crippen molar-refractivity contribution in [1.82, 2.24) is 14.7 Å². The first-order chi connectivity index (χ1) is 13.1. The molecule has 2 N–H and O–H groups in total. The van der Waals surface area contributed by atoms with Crippen LogP contribution in [-0.4, -0.2) is 49.7 Å². The molecule has 1 atom stereocenters. The van der Waals surface area contributed by atoms with Crippen molar-refractivity contribution in [2.24, 2.45) is 0 Å². The van der Waals surface area contributed by atoms with Crippen LogP contribution in [0.15, 0.2) is 36.4 Å². The van der Waals surface area contributed by atoms with Gasteiger partial charge in [-0.25, -0.2) is 0 Å². The van der Waals surface area contributed by atoms with E-state index in [4.69, 9.17) is 5.11 Å². The van der Waals surface area contributed by atoms with Gasteiger partial charge < -0.3 is 15.1 Å². The number of fused-ring (bicyclic) bond motifs is 1. The summed E-state index contributed by atoms with van der Waals surface area (Å²) in [7, 11) is 0. The first-order valence-electron chi connectivity index (χ1n) is 9.30. The van der Waals surface area contributed by atoms with Gasteiger partial charge in [0.2, 0.25) is 5.91 Å². The summed E-state index contributed by atoms with van der Waals surface area (Å²) in [5.74, 6) is 0.0785. The van der Waals surface area contributed by atoms with Gasteiger partial charge in [0.15, 0.2) is 5.78 Å². The lowest BCUT2D eigenvalue weighted by molar-refractivity contribution is -0.131. The van der Waals surface area contributed by atoms with Crippen molar-refractivity contribution < 1.29 is 19.8 Å². The molecule has 144 valence electrons. The number of rotatable bonds is 7. The zero-order chi connectivity index (χ0) is 19.2. The van der Waals surface area contributed by atoms with Gasteiger partial charge in [0.25, 0.3) is 0 Å². The van der Waals surface area contributed by atoms with E-state index in [0.29, 0.717) is 50.2 Å². The third kappa shape index (κ3) is 4.81. The first kappa shape index (κ1) is 19.3. The number of carbonyl (C=O) groups excluding carboxylic acids is 2. The standard InChI is InChI=1S/C20H25N3O4/c24-14-19(26)17-12-16-13-22(10-5-11-23(16)21-17)20(27)9-4-8-18(25)15-6-2-1-3-7-15/h1-3,6-7,12,19,24,26H,4-5,8-11,13-14H2. The third-order valence-corrected chi connectivity index (χ3v) is 4.79. The summed E-state index contributed by atoms with van der Waals surface area (Å²) in [6.07, 6.45) is 0.986. The molecule has 7 nitrogen and oxygen atoms in total. The molecule has 0 saturated heterocycles. The highest BCUT2D eigenvalue weighted by Crippen LogP contribution is 2.19. The number of nitrogens with zero attached hydrogens (tertiary/aromatic N) is 3. The number of carbonyl (C=O) groups is 2. The Labute approximate surface area is 158 Å². The highest BCUT2D eigenvalue weighted by atomic mass is 16.3. The average Bonchev–Trinajstić information content (AvgIpc) is 2.99. The van der Waals surface area contributed by atoms with Crippen molar-refractivity contribution in [2.45, 2.75) is 44.9 Å². The van der Waals surface area contributed by atoms with E-state index in [0.717, 1.165) is 12.1 Å². The fourth-order valence-corrected chi connectivity index (χ4v) is 3.28. The Hall–Kier alpha value is -2.51. The van der Waals surface area contributed by atoms with Gasteiger partial charge in [-0.2, -0.15) is 5.10 Å². The van der Waals surface area contributed by atoms with Gasteiger partial charge in [0.1, 0.15) is 6.10 Å². The Morgan fingerprint density at radius 1 is 1.15 bits per heavy atom. The molecule has 0 radical (unpaired) electrons. The molecule has 0 fully saturated rings. The number of aliphatic hydroxyl groups excluding tert-OH is 2. The topological polar surface area (TPSA) is 95.7 Å². The lowest BCUT2D eigenvalue weighted by atomic mass is 10.1. The van der Waals surface area contributed by atoms with E-state index in [9.17, 15) is 14.7 Å². The van der Waals surface area contributed by atoms with Crippen molar-refractivity contribution in [3.63, 3.8) is 0 Å². The Kier molecular flexibility index (Phi) is 6.36. The number of amides is 1. The maximum absolute atomic E-state index is 12.6. The van der Waals surface area contributed by atoms with Crippen LogP contribution in [0.3, 0.4) is 0 Å². The zero-order valence-corrected chi connectivity index (χ0v) is 15.3. The van der Waals surface area contributed by atoms with Gasteiger partial charge in [0.05, 0.1) is 24.5 Å². The molecular weight excluding hydrogens is 346 g/mol. The summed E-state index contributed by atoms with van der Waals surface area (Å²) in [6.45, 7) is 1.36. The molecule has 1 aromatic carbocycles. The van der Waals surface area contributed by atoms with Crippen LogP contribution in [0, 0.1) is 0 Å². The van der Waals surface area contributed by atoms with Gasteiger partial charge in [0, 0.05) is 31.5 Å². The maximum atomic E-state index is 12.6. The number of Topliss-reactive ketones (excluding diaryl/α,β-unsaturated/α-hetero) is 1. The average molecular weight is 371 g/mol. The number of benzene rings is 1. The zero-order valence-electron chi connectivity index (χ0n) is 15.3. The minimum Gasteiger partial charge on any atom is -0.393 e. The molecule has 3 rings (SSSR count). The van der Waals surface area contributed by atoms with E-state index >= 15 is 0 Å². The van der Waals surface area contributed by atoms with Gasteiger partial charge >= 0.3 is 0 Å². The molecule has 1 aliphatic heterocycles. The van der Waals surface area contributed by atoms with Crippen molar-refractivity contribution in [3.8, 4) is 0 Å². The van der Waals surface area contributed by atoms with Crippen LogP contribution in [0.1, 0.15) is 53.5 Å². The molecule has 1 aliphatic rings. The van der Waals surface area contributed by atoms with E-state index in [1.54, 1.807) is 27.8 Å². The van der Waals surface area contributed by atoms with Crippen molar-refractivity contribution in [3.05, 3.63) is 53.3 Å². The molecule has 0 saturated carbocycles. The normalized spacial score (nSPS) is 15.1. The first-order valence-corrected chi connectivity index (χ1v) is 9.30. The van der Waals surface area contributed by atoms with Gasteiger partial charge in [-0.05, 0) is 18.9 Å². The number of aryl methyl sites for hydroxylation is 1. The largest absolute Gasteiger partial charge is 0.393 e. The molecule has 2 aromatic rings. The second kappa shape index (κ2) is 8.92. The number of aromatic nitrogens is 2. The molecule has 7 heteroatoms. The third-order valence-electron chi connectivity index (χ3n) is 4.79. The van der Waals surface area contributed by atoms with Gasteiger partial charge in [-0.1, -0.05) is 30.3 Å². The fourth-order valence-electron chi connectivity index (χ4n) is 3.28. The minimum atomic E-state index is -1.00. The second-order valence-corrected chi connectivity index (χ2v) is 6.79. The van der Waals surface area contributed by atoms with Crippen LogP contribution in [0.5, 0.6) is 0 Å². The molecule has 0 bridgehead atoms. The molecule has 27 heavy (non-hydrogen) atoms. The molecule has 1 aromatic heterocycles. The lowest BCUT2D eigenvalue weighted by Crippen LogP contribution is -2.30. The van der Waals surface area contributed by atoms with E-state index in [2.05, 4.69) is 5.10 Å². The van der Waals surface area contributed by atoms with E-state index < -0.39 is 6.10 Å². The van der Waals surface area contributed by atoms with E-state index in [-0.39, 0.29) is 18.3 Å². The Morgan fingerprint density at radius 2 is 1.93 bits per heavy atom. The highest BCUT2D eigenvalue weighted by Gasteiger charge is 2.22. The summed E-state index contributed by atoms with van der Waals surface area (Å²) in [5, 5.41) is 23.1. The summed E-state index contributed by atoms with van der Waals surface area (Å²) in [6, 6.07) is 10.9. The van der Waals surface area contributed by atoms with Crippen LogP contribution in [0.2, 0.25) is 0 Å². The number of hydrogen-bond acceptors (Lipinski definition) is 5. The highest BCUT2D eigenvalue weighted by molar-refractivity contribution is 5.96. The van der Waals surface area contributed by atoms with Crippen molar-refractivity contribution in [2.75, 3.05) is 13.2 Å². The Morgan fingerprint density at radius 3 is 2.67 bits per heavy atom. The van der Waals surface area contributed by atoms with Crippen molar-refractivity contribution >= 4 is 11.7 Å². The van der Waals surface area contributed by atoms with E-state index in [1.165, 1.54) is 0 Å². The van der Waals surface area contributed by atoms with Crippen LogP contribution in [0.4, 0.5) is 0 Å². The smallest absolute Gasteiger partial charge is 0.222 e. The predicted molar refractivity (Wildman–Crippen MR) is 98.9 cm³/mol. The molecule has 0 aliphatic carbocycles. The molecular formula is C20H25N3O4. The van der Waals surface area contributed by atoms with E-state index in [1.807, 2.05) is 18.2 Å². The second-order valence-electron chi connectivity index (χ2n) is 6.79. The van der Waals surface area contributed by atoms with Crippen LogP contribution < -0.4 is 0 Å². The number of hydrogen-bond donors (Lipinski definition) is 2. The predicted octanol–water partition coefficient (Wildman–Crippen LogP) is 1.69. The van der Waals surface area contributed by atoms with Gasteiger partial charge in [-0.3, -0.25) is 14.3 Å². The quantitative estimate of drug-likeness (QED) is 0.722. The van der Waals surface area contributed by atoms with Crippen LogP contribution in [0.25, 0.3) is 0 Å². The SMILES string of the molecule is O=C(CCCC(=O)N1CCCn2nc(C(O)CO)cc2C1)c1ccccc1. The fraction of sp³-hybridized carbons (Fsp3) is 0.450. The Balaban J connectivity index is 1.54. The summed E-state index contributed by atoms with van der Waals surface area (Å²) in [4.78, 5) is 26.5. The van der Waals surface area contributed by atoms with Crippen LogP contribution >= 0.6 is 0 Å². The monoisotopic (exact) mass is 371 g/mol. The lowest BCUT2D eigenvalue weighted by Gasteiger charge is -2.20. The van der Waals surface area contributed by atoms with Gasteiger partial charge in [-0.15, -0.1) is 0 Å². The molecule has 1 unspecified atom stereocenters. The summed E-state index contributed by atoms with van der Waals surface area (Å²) >= 11 is 0. The minimum absolute atomic E-state index is 0.0229. The maximum Gasteiger partial charge on any atom is 0.222 e. The van der Waals surface area contributed by atoms with Crippen LogP contribution in [-0.2, 0) is 17.9 Å². The number of aliphatic hydroxyl groups is 2. The molecule has 1 amide bonds. The molecule has 0 spiro atoms. The summed E-state index contributed by atoms with van der Waals surface area (Å²) in [5.41, 5.74) is 1.96. The Bertz CT molecular complexity index is 788.